The van der Waals surface area contributed by atoms with Crippen molar-refractivity contribution < 1.29 is 13.2 Å². The maximum absolute atomic E-state index is 12.3. The molecule has 2 aliphatic heterocycles. The van der Waals surface area contributed by atoms with Crippen LogP contribution in [0.1, 0.15) is 19.8 Å². The minimum Gasteiger partial charge on any atom is -0.380 e. The van der Waals surface area contributed by atoms with E-state index in [2.05, 4.69) is 5.32 Å². The van der Waals surface area contributed by atoms with E-state index < -0.39 is 10.0 Å². The number of ether oxygens (including phenoxy) is 1. The van der Waals surface area contributed by atoms with Crippen LogP contribution in [-0.2, 0) is 14.8 Å². The number of nitrogens with zero attached hydrogens (tertiary/aromatic N) is 1. The Morgan fingerprint density at radius 3 is 2.94 bits per heavy atom. The Labute approximate surface area is 97.2 Å². The zero-order valence-corrected chi connectivity index (χ0v) is 10.5. The molecule has 2 heterocycles. The highest BCUT2D eigenvalue weighted by molar-refractivity contribution is 7.89. The summed E-state index contributed by atoms with van der Waals surface area (Å²) < 4.78 is 31.6. The normalized spacial score (nSPS) is 36.8. The first kappa shape index (κ1) is 12.3. The van der Waals surface area contributed by atoms with Gasteiger partial charge in [0.25, 0.3) is 0 Å². The molecule has 2 unspecified atom stereocenters. The van der Waals surface area contributed by atoms with Crippen molar-refractivity contribution >= 4 is 10.0 Å². The zero-order chi connectivity index (χ0) is 11.6. The van der Waals surface area contributed by atoms with Crippen LogP contribution >= 0.6 is 0 Å². The highest BCUT2D eigenvalue weighted by atomic mass is 32.2. The molecule has 0 amide bonds. The topological polar surface area (TPSA) is 58.6 Å². The molecule has 2 atom stereocenters. The summed E-state index contributed by atoms with van der Waals surface area (Å²) in [6, 6.07) is 0.0427. The van der Waals surface area contributed by atoms with Crippen LogP contribution in [-0.4, -0.2) is 56.9 Å². The average molecular weight is 248 g/mol. The molecule has 2 saturated heterocycles. The van der Waals surface area contributed by atoms with Gasteiger partial charge in [0.05, 0.1) is 11.9 Å². The van der Waals surface area contributed by atoms with Crippen molar-refractivity contribution in [1.82, 2.24) is 9.62 Å². The maximum atomic E-state index is 12.3. The predicted molar refractivity (Wildman–Crippen MR) is 61.8 cm³/mol. The molecular formula is C10H20N2O3S. The minimum absolute atomic E-state index is 0.0427. The molecule has 0 aromatic carbocycles. The van der Waals surface area contributed by atoms with Crippen molar-refractivity contribution in [1.29, 1.82) is 0 Å². The molecule has 0 aromatic heterocycles. The highest BCUT2D eigenvalue weighted by Gasteiger charge is 2.36. The van der Waals surface area contributed by atoms with Gasteiger partial charge < -0.3 is 10.1 Å². The smallest absolute Gasteiger partial charge is 0.218 e. The van der Waals surface area contributed by atoms with Gasteiger partial charge in [0, 0.05) is 32.3 Å². The second-order valence-electron chi connectivity index (χ2n) is 4.54. The van der Waals surface area contributed by atoms with E-state index >= 15 is 0 Å². The summed E-state index contributed by atoms with van der Waals surface area (Å²) in [5.41, 5.74) is 0. The van der Waals surface area contributed by atoms with Crippen LogP contribution in [0.15, 0.2) is 0 Å². The Bertz CT molecular complexity index is 325. The molecule has 0 radical (unpaired) electrons. The monoisotopic (exact) mass is 248 g/mol. The van der Waals surface area contributed by atoms with E-state index in [1.807, 2.05) is 0 Å². The second kappa shape index (κ2) is 5.00. The van der Waals surface area contributed by atoms with Gasteiger partial charge in [-0.15, -0.1) is 0 Å². The Balaban J connectivity index is 2.16. The minimum atomic E-state index is -3.15. The van der Waals surface area contributed by atoms with E-state index in [1.165, 1.54) is 0 Å². The van der Waals surface area contributed by atoms with E-state index in [4.69, 9.17) is 4.74 Å². The molecule has 6 heteroatoms. The lowest BCUT2D eigenvalue weighted by atomic mass is 10.1. The number of sulfonamides is 1. The first-order chi connectivity index (χ1) is 7.62. The molecule has 0 aromatic rings. The van der Waals surface area contributed by atoms with Crippen molar-refractivity contribution in [2.45, 2.75) is 31.1 Å². The summed E-state index contributed by atoms with van der Waals surface area (Å²) in [4.78, 5) is 0. The van der Waals surface area contributed by atoms with Crippen molar-refractivity contribution in [2.24, 2.45) is 0 Å². The van der Waals surface area contributed by atoms with E-state index in [0.29, 0.717) is 19.7 Å². The molecule has 1 N–H and O–H groups in total. The van der Waals surface area contributed by atoms with E-state index in [9.17, 15) is 8.42 Å². The second-order valence-corrected chi connectivity index (χ2v) is 6.85. The van der Waals surface area contributed by atoms with Crippen molar-refractivity contribution in [3.63, 3.8) is 0 Å². The van der Waals surface area contributed by atoms with Crippen LogP contribution in [0.25, 0.3) is 0 Å². The molecule has 0 saturated carbocycles. The number of hydrogen-bond donors (Lipinski definition) is 1. The highest BCUT2D eigenvalue weighted by Crippen LogP contribution is 2.20. The lowest BCUT2D eigenvalue weighted by molar-refractivity contribution is 0.0461. The maximum Gasteiger partial charge on any atom is 0.218 e. The van der Waals surface area contributed by atoms with Gasteiger partial charge in [-0.1, -0.05) is 0 Å². The fourth-order valence-corrected chi connectivity index (χ4v) is 4.02. The van der Waals surface area contributed by atoms with Gasteiger partial charge in [-0.3, -0.25) is 0 Å². The van der Waals surface area contributed by atoms with Gasteiger partial charge in [0.15, 0.2) is 0 Å². The fourth-order valence-electron chi connectivity index (χ4n) is 2.30. The third kappa shape index (κ3) is 2.40. The summed E-state index contributed by atoms with van der Waals surface area (Å²) in [6.45, 7) is 4.93. The fraction of sp³-hybridized carbons (Fsp3) is 1.00. The van der Waals surface area contributed by atoms with Gasteiger partial charge in [0.2, 0.25) is 10.0 Å². The molecule has 94 valence electrons. The van der Waals surface area contributed by atoms with Crippen LogP contribution < -0.4 is 5.32 Å². The molecule has 16 heavy (non-hydrogen) atoms. The molecular weight excluding hydrogens is 228 g/mol. The van der Waals surface area contributed by atoms with Crippen molar-refractivity contribution in [3.8, 4) is 0 Å². The number of rotatable bonds is 1. The van der Waals surface area contributed by atoms with Crippen LogP contribution in [0.5, 0.6) is 0 Å². The van der Waals surface area contributed by atoms with E-state index in [1.54, 1.807) is 11.2 Å². The molecule has 0 bridgehead atoms. The Morgan fingerprint density at radius 1 is 1.44 bits per heavy atom. The van der Waals surface area contributed by atoms with Crippen LogP contribution in [0.4, 0.5) is 0 Å². The van der Waals surface area contributed by atoms with Gasteiger partial charge >= 0.3 is 0 Å². The van der Waals surface area contributed by atoms with Gasteiger partial charge in [-0.25, -0.2) is 8.42 Å². The molecule has 0 aliphatic carbocycles. The number of nitrogens with one attached hydrogen (secondary N) is 1. The molecule has 2 fully saturated rings. The first-order valence-corrected chi connectivity index (χ1v) is 7.42. The summed E-state index contributed by atoms with van der Waals surface area (Å²) >= 11 is 0. The average Bonchev–Trinajstić information content (AvgIpc) is 2.41. The van der Waals surface area contributed by atoms with Crippen LogP contribution in [0, 0.1) is 0 Å². The van der Waals surface area contributed by atoms with Gasteiger partial charge in [-0.05, 0) is 19.8 Å². The van der Waals surface area contributed by atoms with Gasteiger partial charge in [-0.2, -0.15) is 4.31 Å². The molecule has 0 spiro atoms. The predicted octanol–water partition coefficient (Wildman–Crippen LogP) is -0.211. The quantitative estimate of drug-likeness (QED) is 0.697. The number of hydrogen-bond acceptors (Lipinski definition) is 4. The van der Waals surface area contributed by atoms with Crippen LogP contribution in [0.2, 0.25) is 0 Å². The summed E-state index contributed by atoms with van der Waals surface area (Å²) in [7, 11) is -3.15. The summed E-state index contributed by atoms with van der Waals surface area (Å²) in [5.74, 6) is 0. The summed E-state index contributed by atoms with van der Waals surface area (Å²) in [5, 5.41) is 2.82. The first-order valence-electron chi connectivity index (χ1n) is 5.91. The molecule has 5 nitrogen and oxygen atoms in total. The largest absolute Gasteiger partial charge is 0.380 e. The van der Waals surface area contributed by atoms with E-state index in [-0.39, 0.29) is 11.3 Å². The van der Waals surface area contributed by atoms with E-state index in [0.717, 1.165) is 26.0 Å². The Morgan fingerprint density at radius 2 is 2.25 bits per heavy atom. The lowest BCUT2D eigenvalue weighted by Crippen LogP contribution is -2.48. The SMILES string of the molecule is CC1CNCCN(C2CCCOC2)S1(=O)=O. The zero-order valence-electron chi connectivity index (χ0n) is 9.68. The van der Waals surface area contributed by atoms with Crippen LogP contribution in [0.3, 0.4) is 0 Å². The van der Waals surface area contributed by atoms with Crippen molar-refractivity contribution in [3.05, 3.63) is 0 Å². The Hall–Kier alpha value is -0.170. The van der Waals surface area contributed by atoms with Gasteiger partial charge in [0.1, 0.15) is 0 Å². The Kier molecular flexibility index (Phi) is 3.84. The van der Waals surface area contributed by atoms with Crippen molar-refractivity contribution in [2.75, 3.05) is 32.8 Å². The summed E-state index contributed by atoms with van der Waals surface area (Å²) in [6.07, 6.45) is 1.88. The third-order valence-electron chi connectivity index (χ3n) is 3.32. The third-order valence-corrected chi connectivity index (χ3v) is 5.64. The lowest BCUT2D eigenvalue weighted by Gasteiger charge is -2.33. The molecule has 2 aliphatic rings. The molecule has 2 rings (SSSR count). The standard InChI is InChI=1S/C10H20N2O3S/c1-9-7-11-4-5-12(16(9,13)14)10-3-2-6-15-8-10/h9-11H,2-8H2,1H3.